The fraction of sp³-hybridized carbons (Fsp3) is 0.308. The molecule has 96 valence electrons. The van der Waals surface area contributed by atoms with E-state index >= 15 is 0 Å². The molecule has 0 amide bonds. The highest BCUT2D eigenvalue weighted by Crippen LogP contribution is 2.26. The van der Waals surface area contributed by atoms with E-state index < -0.39 is 0 Å². The van der Waals surface area contributed by atoms with E-state index in [4.69, 9.17) is 10.5 Å². The maximum absolute atomic E-state index is 13.5. The number of aromatic nitrogens is 2. The highest BCUT2D eigenvalue weighted by atomic mass is 19.1. The molecule has 18 heavy (non-hydrogen) atoms. The molecule has 1 unspecified atom stereocenters. The molecule has 5 heteroatoms. The van der Waals surface area contributed by atoms with Crippen molar-refractivity contribution in [3.8, 4) is 5.75 Å². The Morgan fingerprint density at radius 1 is 1.50 bits per heavy atom. The second kappa shape index (κ2) is 5.18. The van der Waals surface area contributed by atoms with E-state index in [0.717, 1.165) is 5.82 Å². The van der Waals surface area contributed by atoms with Crippen molar-refractivity contribution < 1.29 is 9.13 Å². The minimum absolute atomic E-state index is 0.106. The first-order valence-electron chi connectivity index (χ1n) is 5.74. The summed E-state index contributed by atoms with van der Waals surface area (Å²) >= 11 is 0. The molecule has 0 aliphatic heterocycles. The number of benzene rings is 1. The number of imidazole rings is 1. The van der Waals surface area contributed by atoms with Gasteiger partial charge >= 0.3 is 0 Å². The van der Waals surface area contributed by atoms with Gasteiger partial charge in [-0.3, -0.25) is 0 Å². The first kappa shape index (κ1) is 12.6. The monoisotopic (exact) mass is 249 g/mol. The molecule has 0 aliphatic carbocycles. The molecule has 1 heterocycles. The molecular formula is C13H16FN3O. The van der Waals surface area contributed by atoms with Gasteiger partial charge < -0.3 is 15.0 Å². The van der Waals surface area contributed by atoms with Crippen molar-refractivity contribution in [1.82, 2.24) is 9.55 Å². The lowest BCUT2D eigenvalue weighted by Gasteiger charge is -2.17. The zero-order chi connectivity index (χ0) is 13.1. The molecule has 0 saturated carbocycles. The summed E-state index contributed by atoms with van der Waals surface area (Å²) in [6.45, 7) is 1.98. The third kappa shape index (κ3) is 2.36. The third-order valence-corrected chi connectivity index (χ3v) is 2.81. The molecule has 0 fully saturated rings. The minimum Gasteiger partial charge on any atom is -0.482 e. The summed E-state index contributed by atoms with van der Waals surface area (Å²) in [5.74, 6) is 0.900. The van der Waals surface area contributed by atoms with Gasteiger partial charge in [-0.25, -0.2) is 9.37 Å². The zero-order valence-corrected chi connectivity index (χ0v) is 10.4. The topological polar surface area (TPSA) is 53.1 Å². The Labute approximate surface area is 105 Å². The Hall–Kier alpha value is -1.88. The van der Waals surface area contributed by atoms with Gasteiger partial charge in [0.25, 0.3) is 0 Å². The Balaban J connectivity index is 2.24. The van der Waals surface area contributed by atoms with Crippen LogP contribution < -0.4 is 10.5 Å². The van der Waals surface area contributed by atoms with Crippen LogP contribution >= 0.6 is 0 Å². The maximum atomic E-state index is 13.5. The summed E-state index contributed by atoms with van der Waals surface area (Å²) in [5.41, 5.74) is 5.92. The molecule has 0 bridgehead atoms. The number of hydrogen-bond donors (Lipinski definition) is 1. The fourth-order valence-electron chi connectivity index (χ4n) is 1.86. The van der Waals surface area contributed by atoms with Gasteiger partial charge in [0.2, 0.25) is 0 Å². The summed E-state index contributed by atoms with van der Waals surface area (Å²) in [5, 5.41) is 0. The lowest BCUT2D eigenvalue weighted by molar-refractivity contribution is 0.209. The smallest absolute Gasteiger partial charge is 0.153 e. The number of hydrogen-bond acceptors (Lipinski definition) is 3. The number of nitrogens with two attached hydrogens (primary N) is 1. The van der Waals surface area contributed by atoms with Gasteiger partial charge in [0.15, 0.2) is 6.10 Å². The Bertz CT molecular complexity index is 539. The molecule has 0 aliphatic rings. The van der Waals surface area contributed by atoms with Crippen LogP contribution in [0.4, 0.5) is 4.39 Å². The minimum atomic E-state index is -0.345. The molecule has 4 nitrogen and oxygen atoms in total. The predicted octanol–water partition coefficient (Wildman–Crippen LogP) is 2.16. The van der Waals surface area contributed by atoms with Crippen molar-refractivity contribution in [2.75, 3.05) is 0 Å². The summed E-state index contributed by atoms with van der Waals surface area (Å²) in [6.07, 6.45) is 3.27. The van der Waals surface area contributed by atoms with Crippen molar-refractivity contribution >= 4 is 0 Å². The van der Waals surface area contributed by atoms with E-state index in [2.05, 4.69) is 4.98 Å². The van der Waals surface area contributed by atoms with Crippen molar-refractivity contribution in [2.45, 2.75) is 19.6 Å². The summed E-state index contributed by atoms with van der Waals surface area (Å²) in [7, 11) is 1.89. The average Bonchev–Trinajstić information content (AvgIpc) is 2.76. The van der Waals surface area contributed by atoms with Crippen LogP contribution in [-0.2, 0) is 13.6 Å². The summed E-state index contributed by atoms with van der Waals surface area (Å²) in [4.78, 5) is 4.20. The lowest BCUT2D eigenvalue weighted by Crippen LogP contribution is -2.12. The van der Waals surface area contributed by atoms with Gasteiger partial charge in [-0.1, -0.05) is 6.07 Å². The number of ether oxygens (including phenoxy) is 1. The van der Waals surface area contributed by atoms with E-state index in [1.807, 2.05) is 24.7 Å². The molecule has 1 aromatic heterocycles. The SMILES string of the molecule is CC(Oc1cccc(F)c1CN)c1nccn1C. The van der Waals surface area contributed by atoms with Crippen LogP contribution in [-0.4, -0.2) is 9.55 Å². The second-order valence-electron chi connectivity index (χ2n) is 4.08. The van der Waals surface area contributed by atoms with Crippen molar-refractivity contribution in [2.24, 2.45) is 12.8 Å². The van der Waals surface area contributed by atoms with Crippen molar-refractivity contribution in [1.29, 1.82) is 0 Å². The normalized spacial score (nSPS) is 12.4. The van der Waals surface area contributed by atoms with Gasteiger partial charge in [0, 0.05) is 31.5 Å². The van der Waals surface area contributed by atoms with E-state index in [0.29, 0.717) is 11.3 Å². The maximum Gasteiger partial charge on any atom is 0.153 e. The number of halogens is 1. The molecule has 2 rings (SSSR count). The largest absolute Gasteiger partial charge is 0.482 e. The van der Waals surface area contributed by atoms with Crippen molar-refractivity contribution in [3.63, 3.8) is 0 Å². The van der Waals surface area contributed by atoms with Gasteiger partial charge in [-0.2, -0.15) is 0 Å². The first-order valence-corrected chi connectivity index (χ1v) is 5.74. The Morgan fingerprint density at radius 2 is 2.28 bits per heavy atom. The molecule has 0 spiro atoms. The van der Waals surface area contributed by atoms with Gasteiger partial charge in [0.1, 0.15) is 17.4 Å². The molecule has 2 N–H and O–H groups in total. The molecule has 0 saturated heterocycles. The van der Waals surface area contributed by atoms with Crippen LogP contribution in [0.3, 0.4) is 0 Å². The van der Waals surface area contributed by atoms with E-state index in [1.165, 1.54) is 6.07 Å². The van der Waals surface area contributed by atoms with E-state index in [1.54, 1.807) is 18.3 Å². The van der Waals surface area contributed by atoms with Crippen molar-refractivity contribution in [3.05, 3.63) is 47.8 Å². The van der Waals surface area contributed by atoms with Crippen LogP contribution in [0.5, 0.6) is 5.75 Å². The van der Waals surface area contributed by atoms with Gasteiger partial charge in [0.05, 0.1) is 0 Å². The summed E-state index contributed by atoms with van der Waals surface area (Å²) in [6, 6.07) is 4.69. The fourth-order valence-corrected chi connectivity index (χ4v) is 1.86. The third-order valence-electron chi connectivity index (χ3n) is 2.81. The van der Waals surface area contributed by atoms with Crippen LogP contribution in [0.15, 0.2) is 30.6 Å². The molecule has 2 aromatic rings. The molecule has 1 atom stereocenters. The Morgan fingerprint density at radius 3 is 2.89 bits per heavy atom. The number of nitrogens with zero attached hydrogens (tertiary/aromatic N) is 2. The van der Waals surface area contributed by atoms with E-state index in [9.17, 15) is 4.39 Å². The van der Waals surface area contributed by atoms with Crippen LogP contribution in [0.2, 0.25) is 0 Å². The number of aryl methyl sites for hydroxylation is 1. The van der Waals surface area contributed by atoms with Crippen LogP contribution in [0.1, 0.15) is 24.4 Å². The first-order chi connectivity index (χ1) is 8.63. The Kier molecular flexibility index (Phi) is 3.62. The highest BCUT2D eigenvalue weighted by Gasteiger charge is 2.15. The molecule has 0 radical (unpaired) electrons. The lowest BCUT2D eigenvalue weighted by atomic mass is 10.2. The second-order valence-corrected chi connectivity index (χ2v) is 4.08. The average molecular weight is 249 g/mol. The van der Waals surface area contributed by atoms with Gasteiger partial charge in [-0.15, -0.1) is 0 Å². The summed E-state index contributed by atoms with van der Waals surface area (Å²) < 4.78 is 21.1. The number of rotatable bonds is 4. The van der Waals surface area contributed by atoms with Crippen LogP contribution in [0.25, 0.3) is 0 Å². The standard InChI is InChI=1S/C13H16FN3O/c1-9(13-16-6-7-17(13)2)18-12-5-3-4-11(14)10(12)8-15/h3-7,9H,8,15H2,1-2H3. The molecular weight excluding hydrogens is 233 g/mol. The van der Waals surface area contributed by atoms with E-state index in [-0.39, 0.29) is 18.5 Å². The predicted molar refractivity (Wildman–Crippen MR) is 66.5 cm³/mol. The quantitative estimate of drug-likeness (QED) is 0.903. The zero-order valence-electron chi connectivity index (χ0n) is 10.4. The van der Waals surface area contributed by atoms with Gasteiger partial charge in [-0.05, 0) is 19.1 Å². The van der Waals surface area contributed by atoms with Crippen LogP contribution in [0, 0.1) is 5.82 Å². The molecule has 1 aromatic carbocycles. The highest BCUT2D eigenvalue weighted by molar-refractivity contribution is 5.34.